The maximum atomic E-state index is 4.55. The molecule has 0 bridgehead atoms. The molecule has 2 nitrogen and oxygen atoms in total. The zero-order valence-electron chi connectivity index (χ0n) is 8.03. The van der Waals surface area contributed by atoms with E-state index in [1.54, 1.807) is 11.3 Å². The summed E-state index contributed by atoms with van der Waals surface area (Å²) in [5.41, 5.74) is 2.17. The normalized spacial score (nSPS) is 11.4. The zero-order valence-corrected chi connectivity index (χ0v) is 8.85. The van der Waals surface area contributed by atoms with Crippen molar-refractivity contribution >= 4 is 21.6 Å². The van der Waals surface area contributed by atoms with Crippen LogP contribution in [-0.2, 0) is 0 Å². The number of fused-ring (bicyclic) bond motifs is 1. The number of nitrogens with zero attached hydrogens (tertiary/aromatic N) is 2. The van der Waals surface area contributed by atoms with Crippen LogP contribution in [0.15, 0.2) is 12.3 Å². The molecule has 3 heteroatoms. The SMILES string of the molecule is Cc1nccc2nc(C(C)C)sc12. The van der Waals surface area contributed by atoms with Crippen molar-refractivity contribution in [2.24, 2.45) is 0 Å². The van der Waals surface area contributed by atoms with Crippen molar-refractivity contribution in [3.05, 3.63) is 23.0 Å². The molecule has 0 amide bonds. The number of aromatic nitrogens is 2. The van der Waals surface area contributed by atoms with E-state index in [0.717, 1.165) is 11.2 Å². The van der Waals surface area contributed by atoms with Crippen LogP contribution in [0.2, 0.25) is 0 Å². The summed E-state index contributed by atoms with van der Waals surface area (Å²) in [4.78, 5) is 8.80. The van der Waals surface area contributed by atoms with E-state index >= 15 is 0 Å². The van der Waals surface area contributed by atoms with Crippen molar-refractivity contribution in [3.63, 3.8) is 0 Å². The standard InChI is InChI=1S/C10H12N2S/c1-6(2)10-12-8-4-5-11-7(3)9(8)13-10/h4-6H,1-3H3. The third kappa shape index (κ3) is 1.44. The van der Waals surface area contributed by atoms with Crippen molar-refractivity contribution in [2.75, 3.05) is 0 Å². The maximum absolute atomic E-state index is 4.55. The molecular weight excluding hydrogens is 180 g/mol. The van der Waals surface area contributed by atoms with Crippen molar-refractivity contribution < 1.29 is 0 Å². The van der Waals surface area contributed by atoms with E-state index in [0.29, 0.717) is 5.92 Å². The largest absolute Gasteiger partial charge is 0.260 e. The Bertz CT molecular complexity index is 431. The second-order valence-corrected chi connectivity index (χ2v) is 4.48. The molecule has 0 unspecified atom stereocenters. The molecule has 68 valence electrons. The van der Waals surface area contributed by atoms with Gasteiger partial charge in [-0.3, -0.25) is 4.98 Å². The summed E-state index contributed by atoms with van der Waals surface area (Å²) in [6.45, 7) is 6.37. The molecule has 0 saturated heterocycles. The average Bonchev–Trinajstić information content (AvgIpc) is 2.49. The number of hydrogen-bond acceptors (Lipinski definition) is 3. The predicted octanol–water partition coefficient (Wildman–Crippen LogP) is 3.12. The van der Waals surface area contributed by atoms with Gasteiger partial charge in [0, 0.05) is 12.1 Å². The Hall–Kier alpha value is -0.960. The molecule has 0 aliphatic heterocycles. The van der Waals surface area contributed by atoms with E-state index in [1.165, 1.54) is 9.71 Å². The number of aryl methyl sites for hydroxylation is 1. The fourth-order valence-corrected chi connectivity index (χ4v) is 2.25. The van der Waals surface area contributed by atoms with Crippen LogP contribution in [-0.4, -0.2) is 9.97 Å². The van der Waals surface area contributed by atoms with Crippen molar-refractivity contribution in [1.29, 1.82) is 0 Å². The number of rotatable bonds is 1. The number of thiazole rings is 1. The quantitative estimate of drug-likeness (QED) is 0.693. The smallest absolute Gasteiger partial charge is 0.0964 e. The van der Waals surface area contributed by atoms with Crippen LogP contribution < -0.4 is 0 Å². The van der Waals surface area contributed by atoms with Gasteiger partial charge in [0.05, 0.1) is 20.9 Å². The summed E-state index contributed by atoms with van der Waals surface area (Å²) in [6, 6.07) is 1.98. The lowest BCUT2D eigenvalue weighted by molar-refractivity contribution is 0.857. The minimum atomic E-state index is 0.511. The van der Waals surface area contributed by atoms with Crippen LogP contribution >= 0.6 is 11.3 Å². The lowest BCUT2D eigenvalue weighted by Gasteiger charge is -1.94. The molecule has 0 N–H and O–H groups in total. The van der Waals surface area contributed by atoms with Crippen molar-refractivity contribution in [2.45, 2.75) is 26.7 Å². The second-order valence-electron chi connectivity index (χ2n) is 3.45. The van der Waals surface area contributed by atoms with E-state index < -0.39 is 0 Å². The molecule has 0 atom stereocenters. The third-order valence-corrected chi connectivity index (χ3v) is 3.47. The molecule has 0 aliphatic rings. The average molecular weight is 192 g/mol. The lowest BCUT2D eigenvalue weighted by Crippen LogP contribution is -1.83. The van der Waals surface area contributed by atoms with Crippen molar-refractivity contribution in [1.82, 2.24) is 9.97 Å². The summed E-state index contributed by atoms with van der Waals surface area (Å²) < 4.78 is 1.23. The van der Waals surface area contributed by atoms with Crippen LogP contribution in [0, 0.1) is 6.92 Å². The Morgan fingerprint density at radius 3 is 2.77 bits per heavy atom. The van der Waals surface area contributed by atoms with Gasteiger partial charge in [0.2, 0.25) is 0 Å². The number of hydrogen-bond donors (Lipinski definition) is 0. The Morgan fingerprint density at radius 2 is 2.15 bits per heavy atom. The second kappa shape index (κ2) is 3.07. The molecule has 2 aromatic rings. The monoisotopic (exact) mass is 192 g/mol. The number of pyridine rings is 1. The van der Waals surface area contributed by atoms with E-state index in [1.807, 2.05) is 19.2 Å². The topological polar surface area (TPSA) is 25.8 Å². The van der Waals surface area contributed by atoms with Gasteiger partial charge in [-0.15, -0.1) is 11.3 Å². The first kappa shape index (κ1) is 8.63. The molecule has 0 spiro atoms. The molecule has 0 aliphatic carbocycles. The highest BCUT2D eigenvalue weighted by atomic mass is 32.1. The molecule has 2 aromatic heterocycles. The molecule has 0 aromatic carbocycles. The minimum absolute atomic E-state index is 0.511. The van der Waals surface area contributed by atoms with Crippen LogP contribution in [0.3, 0.4) is 0 Å². The Kier molecular flexibility index (Phi) is 2.04. The fourth-order valence-electron chi connectivity index (χ4n) is 1.25. The van der Waals surface area contributed by atoms with Gasteiger partial charge in [0.25, 0.3) is 0 Å². The van der Waals surface area contributed by atoms with Crippen LogP contribution in [0.5, 0.6) is 0 Å². The van der Waals surface area contributed by atoms with E-state index in [4.69, 9.17) is 0 Å². The van der Waals surface area contributed by atoms with E-state index in [-0.39, 0.29) is 0 Å². The first-order valence-corrected chi connectivity index (χ1v) is 5.22. The summed E-state index contributed by atoms with van der Waals surface area (Å²) in [7, 11) is 0. The maximum Gasteiger partial charge on any atom is 0.0964 e. The Labute approximate surface area is 81.7 Å². The zero-order chi connectivity index (χ0) is 9.42. The Balaban J connectivity index is 2.68. The van der Waals surface area contributed by atoms with E-state index in [2.05, 4.69) is 23.8 Å². The summed E-state index contributed by atoms with van der Waals surface area (Å²) in [5.74, 6) is 0.511. The molecule has 0 saturated carbocycles. The molecule has 2 heterocycles. The highest BCUT2D eigenvalue weighted by molar-refractivity contribution is 7.18. The summed E-state index contributed by atoms with van der Waals surface area (Å²) in [5, 5.41) is 1.20. The fraction of sp³-hybridized carbons (Fsp3) is 0.400. The van der Waals surface area contributed by atoms with Crippen LogP contribution in [0.1, 0.15) is 30.5 Å². The molecule has 2 rings (SSSR count). The van der Waals surface area contributed by atoms with Gasteiger partial charge in [-0.1, -0.05) is 13.8 Å². The van der Waals surface area contributed by atoms with Gasteiger partial charge < -0.3 is 0 Å². The molecular formula is C10H12N2S. The highest BCUT2D eigenvalue weighted by Gasteiger charge is 2.08. The van der Waals surface area contributed by atoms with Crippen LogP contribution in [0.4, 0.5) is 0 Å². The molecule has 0 fully saturated rings. The minimum Gasteiger partial charge on any atom is -0.260 e. The molecule has 0 radical (unpaired) electrons. The van der Waals surface area contributed by atoms with Crippen molar-refractivity contribution in [3.8, 4) is 0 Å². The van der Waals surface area contributed by atoms with E-state index in [9.17, 15) is 0 Å². The van der Waals surface area contributed by atoms with Gasteiger partial charge in [0.1, 0.15) is 0 Å². The first-order chi connectivity index (χ1) is 6.18. The summed E-state index contributed by atoms with van der Waals surface area (Å²) >= 11 is 1.76. The highest BCUT2D eigenvalue weighted by Crippen LogP contribution is 2.28. The Morgan fingerprint density at radius 1 is 1.38 bits per heavy atom. The molecule has 13 heavy (non-hydrogen) atoms. The van der Waals surface area contributed by atoms with Gasteiger partial charge in [-0.2, -0.15) is 0 Å². The predicted molar refractivity (Wildman–Crippen MR) is 56.2 cm³/mol. The van der Waals surface area contributed by atoms with Gasteiger partial charge in [-0.25, -0.2) is 4.98 Å². The van der Waals surface area contributed by atoms with Gasteiger partial charge in [0.15, 0.2) is 0 Å². The summed E-state index contributed by atoms with van der Waals surface area (Å²) in [6.07, 6.45) is 1.82. The van der Waals surface area contributed by atoms with Gasteiger partial charge >= 0.3 is 0 Å². The van der Waals surface area contributed by atoms with Crippen LogP contribution in [0.25, 0.3) is 10.2 Å². The first-order valence-electron chi connectivity index (χ1n) is 4.40. The lowest BCUT2D eigenvalue weighted by atomic mass is 10.2. The third-order valence-electron chi connectivity index (χ3n) is 1.99. The van der Waals surface area contributed by atoms with Gasteiger partial charge in [-0.05, 0) is 13.0 Å².